The summed E-state index contributed by atoms with van der Waals surface area (Å²) in [6.07, 6.45) is 7.20. The molecule has 0 bridgehead atoms. The van der Waals surface area contributed by atoms with Gasteiger partial charge < -0.3 is 20.1 Å². The molecular formula is C17H26N2O4. The van der Waals surface area contributed by atoms with E-state index in [9.17, 15) is 14.7 Å². The van der Waals surface area contributed by atoms with Gasteiger partial charge in [-0.1, -0.05) is 12.8 Å². The molecule has 4 rings (SSSR count). The van der Waals surface area contributed by atoms with E-state index < -0.39 is 11.4 Å². The van der Waals surface area contributed by atoms with Gasteiger partial charge in [0.05, 0.1) is 11.5 Å². The average molecular weight is 322 g/mol. The number of ether oxygens (including phenoxy) is 1. The fourth-order valence-electron chi connectivity index (χ4n) is 5.57. The van der Waals surface area contributed by atoms with Crippen molar-refractivity contribution in [2.45, 2.75) is 57.1 Å². The van der Waals surface area contributed by atoms with Crippen molar-refractivity contribution in [1.29, 1.82) is 0 Å². The lowest BCUT2D eigenvalue weighted by atomic mass is 9.51. The van der Waals surface area contributed by atoms with E-state index in [0.717, 1.165) is 32.1 Å². The van der Waals surface area contributed by atoms with Gasteiger partial charge in [0, 0.05) is 31.7 Å². The molecule has 2 N–H and O–H groups in total. The Kier molecular flexibility index (Phi) is 3.38. The predicted octanol–water partition coefficient (Wildman–Crippen LogP) is 1.84. The highest BCUT2D eigenvalue weighted by Crippen LogP contribution is 2.57. The van der Waals surface area contributed by atoms with E-state index >= 15 is 0 Å². The molecule has 4 fully saturated rings. The fraction of sp³-hybridized carbons (Fsp3) is 0.882. The zero-order chi connectivity index (χ0) is 16.2. The highest BCUT2D eigenvalue weighted by molar-refractivity contribution is 5.80. The molecule has 128 valence electrons. The predicted molar refractivity (Wildman–Crippen MR) is 83.0 cm³/mol. The molecule has 0 aromatic heterocycles. The number of urea groups is 1. The Morgan fingerprint density at radius 3 is 2.61 bits per heavy atom. The number of likely N-dealkylation sites (tertiary alicyclic amines) is 1. The van der Waals surface area contributed by atoms with Crippen LogP contribution in [0.15, 0.2) is 0 Å². The summed E-state index contributed by atoms with van der Waals surface area (Å²) >= 11 is 0. The molecule has 3 aliphatic carbocycles. The number of aliphatic carboxylic acids is 1. The zero-order valence-electron chi connectivity index (χ0n) is 13.7. The SMILES string of the molecule is COC1CC(NC(=O)N2C[C@@H]3CCC[C@@]3(C(=O)O)C2)C12CCC2. The van der Waals surface area contributed by atoms with Gasteiger partial charge in [-0.25, -0.2) is 4.79 Å². The summed E-state index contributed by atoms with van der Waals surface area (Å²) in [6.45, 7) is 0.956. The van der Waals surface area contributed by atoms with Crippen LogP contribution in [0.1, 0.15) is 44.9 Å². The van der Waals surface area contributed by atoms with Gasteiger partial charge in [0.2, 0.25) is 0 Å². The van der Waals surface area contributed by atoms with E-state index in [2.05, 4.69) is 5.32 Å². The fourth-order valence-corrected chi connectivity index (χ4v) is 5.57. The smallest absolute Gasteiger partial charge is 0.317 e. The third kappa shape index (κ3) is 1.96. The van der Waals surface area contributed by atoms with Gasteiger partial charge in [-0.15, -0.1) is 0 Å². The number of hydrogen-bond donors (Lipinski definition) is 2. The van der Waals surface area contributed by atoms with Crippen LogP contribution in [0.4, 0.5) is 4.79 Å². The van der Waals surface area contributed by atoms with Crippen LogP contribution < -0.4 is 5.32 Å². The first kappa shape index (κ1) is 15.2. The summed E-state index contributed by atoms with van der Waals surface area (Å²) in [5.74, 6) is -0.606. The first-order valence-electron chi connectivity index (χ1n) is 8.83. The van der Waals surface area contributed by atoms with Gasteiger partial charge in [-0.05, 0) is 38.0 Å². The number of carboxylic acids is 1. The maximum atomic E-state index is 12.6. The normalized spacial score (nSPS) is 40.4. The van der Waals surface area contributed by atoms with Gasteiger partial charge in [0.25, 0.3) is 0 Å². The maximum Gasteiger partial charge on any atom is 0.317 e. The van der Waals surface area contributed by atoms with E-state index in [4.69, 9.17) is 4.74 Å². The van der Waals surface area contributed by atoms with Crippen molar-refractivity contribution >= 4 is 12.0 Å². The van der Waals surface area contributed by atoms with Crippen molar-refractivity contribution in [2.24, 2.45) is 16.7 Å². The second-order valence-electron chi connectivity index (χ2n) is 7.98. The Bertz CT molecular complexity index is 533. The second-order valence-corrected chi connectivity index (χ2v) is 7.98. The highest BCUT2D eigenvalue weighted by Gasteiger charge is 2.60. The maximum absolute atomic E-state index is 12.6. The number of nitrogens with one attached hydrogen (secondary N) is 1. The second kappa shape index (κ2) is 5.10. The number of hydrogen-bond acceptors (Lipinski definition) is 3. The summed E-state index contributed by atoms with van der Waals surface area (Å²) in [5, 5.41) is 12.8. The van der Waals surface area contributed by atoms with E-state index in [1.807, 2.05) is 0 Å². The van der Waals surface area contributed by atoms with Crippen LogP contribution in [-0.4, -0.2) is 54.4 Å². The first-order chi connectivity index (χ1) is 11.0. The highest BCUT2D eigenvalue weighted by atomic mass is 16.5. The third-order valence-electron chi connectivity index (χ3n) is 7.24. The standard InChI is InChI=1S/C17H26N2O4/c1-23-13-8-12(16(13)6-3-7-16)18-15(22)19-9-11-4-2-5-17(11,10-19)14(20)21/h11-13H,2-10H2,1H3,(H,18,22)(H,20,21)/t11-,12?,13?,17+/m0/s1. The van der Waals surface area contributed by atoms with E-state index in [1.54, 1.807) is 12.0 Å². The van der Waals surface area contributed by atoms with Crippen LogP contribution >= 0.6 is 0 Å². The van der Waals surface area contributed by atoms with E-state index in [1.165, 1.54) is 6.42 Å². The summed E-state index contributed by atoms with van der Waals surface area (Å²) in [6, 6.07) is 0.112. The molecule has 1 saturated heterocycles. The molecule has 2 amide bonds. The van der Waals surface area contributed by atoms with Crippen LogP contribution in [0.3, 0.4) is 0 Å². The van der Waals surface area contributed by atoms with Gasteiger partial charge >= 0.3 is 12.0 Å². The lowest BCUT2D eigenvalue weighted by Gasteiger charge is -2.60. The molecule has 0 aromatic rings. The number of carbonyl (C=O) groups is 2. The minimum Gasteiger partial charge on any atom is -0.481 e. The summed E-state index contributed by atoms with van der Waals surface area (Å²) < 4.78 is 5.55. The summed E-state index contributed by atoms with van der Waals surface area (Å²) in [4.78, 5) is 26.1. The monoisotopic (exact) mass is 322 g/mol. The number of methoxy groups -OCH3 is 1. The Hall–Kier alpha value is -1.30. The quantitative estimate of drug-likeness (QED) is 0.831. The molecule has 1 aliphatic heterocycles. The van der Waals surface area contributed by atoms with Crippen molar-refractivity contribution in [2.75, 3.05) is 20.2 Å². The van der Waals surface area contributed by atoms with Gasteiger partial charge in [-0.2, -0.15) is 0 Å². The minimum absolute atomic E-state index is 0.0779. The number of rotatable bonds is 3. The average Bonchev–Trinajstić information content (AvgIpc) is 2.98. The number of nitrogens with zero attached hydrogens (tertiary/aromatic N) is 1. The molecule has 2 unspecified atom stereocenters. The Labute approximate surface area is 136 Å². The topological polar surface area (TPSA) is 78.9 Å². The molecular weight excluding hydrogens is 296 g/mol. The minimum atomic E-state index is -0.728. The molecule has 4 aliphatic rings. The molecule has 0 radical (unpaired) electrons. The van der Waals surface area contributed by atoms with Gasteiger partial charge in [0.1, 0.15) is 0 Å². The lowest BCUT2D eigenvalue weighted by molar-refractivity contribution is -0.158. The summed E-state index contributed by atoms with van der Waals surface area (Å²) in [7, 11) is 1.75. The number of carboxylic acid groups (broad SMARTS) is 1. The van der Waals surface area contributed by atoms with Crippen molar-refractivity contribution in [3.63, 3.8) is 0 Å². The number of carbonyl (C=O) groups excluding carboxylic acids is 1. The Morgan fingerprint density at radius 1 is 1.26 bits per heavy atom. The van der Waals surface area contributed by atoms with Crippen LogP contribution in [0, 0.1) is 16.7 Å². The van der Waals surface area contributed by atoms with Gasteiger partial charge in [0.15, 0.2) is 0 Å². The first-order valence-corrected chi connectivity index (χ1v) is 8.83. The zero-order valence-corrected chi connectivity index (χ0v) is 13.7. The molecule has 1 heterocycles. The van der Waals surface area contributed by atoms with E-state index in [0.29, 0.717) is 19.5 Å². The molecule has 1 spiro atoms. The van der Waals surface area contributed by atoms with E-state index in [-0.39, 0.29) is 29.5 Å². The van der Waals surface area contributed by atoms with Crippen molar-refractivity contribution in [1.82, 2.24) is 10.2 Å². The third-order valence-corrected chi connectivity index (χ3v) is 7.24. The van der Waals surface area contributed by atoms with Crippen LogP contribution in [0.2, 0.25) is 0 Å². The van der Waals surface area contributed by atoms with Gasteiger partial charge in [-0.3, -0.25) is 4.79 Å². The molecule has 6 nitrogen and oxygen atoms in total. The lowest BCUT2D eigenvalue weighted by Crippen LogP contribution is -2.68. The van der Waals surface area contributed by atoms with Crippen LogP contribution in [0.5, 0.6) is 0 Å². The Morgan fingerprint density at radius 2 is 2.04 bits per heavy atom. The van der Waals surface area contributed by atoms with Crippen molar-refractivity contribution in [3.05, 3.63) is 0 Å². The molecule has 3 saturated carbocycles. The summed E-state index contributed by atoms with van der Waals surface area (Å²) in [5.41, 5.74) is -0.551. The molecule has 4 atom stereocenters. The number of fused-ring (bicyclic) bond motifs is 1. The Balaban J connectivity index is 1.41. The van der Waals surface area contributed by atoms with Crippen molar-refractivity contribution in [3.8, 4) is 0 Å². The number of amides is 2. The molecule has 0 aromatic carbocycles. The molecule has 6 heteroatoms. The van der Waals surface area contributed by atoms with Crippen LogP contribution in [-0.2, 0) is 9.53 Å². The molecule has 23 heavy (non-hydrogen) atoms. The largest absolute Gasteiger partial charge is 0.481 e. The van der Waals surface area contributed by atoms with Crippen molar-refractivity contribution < 1.29 is 19.4 Å². The van der Waals surface area contributed by atoms with Crippen LogP contribution in [0.25, 0.3) is 0 Å².